The molecule has 0 bridgehead atoms. The fourth-order valence-electron chi connectivity index (χ4n) is 5.91. The number of benzene rings is 2. The average molecular weight is 625 g/mol. The number of thiophene rings is 2. The van der Waals surface area contributed by atoms with Crippen molar-refractivity contribution in [3.8, 4) is 20.9 Å². The Morgan fingerprint density at radius 2 is 0.727 bits per heavy atom. The van der Waals surface area contributed by atoms with Crippen LogP contribution >= 0.6 is 22.7 Å². The Bertz CT molecular complexity index is 1220. The molecule has 0 radical (unpaired) electrons. The zero-order valence-corrected chi connectivity index (χ0v) is 29.3. The molecular weight excluding hydrogens is 569 g/mol. The van der Waals surface area contributed by atoms with E-state index in [9.17, 15) is 0 Å². The fourth-order valence-corrected chi connectivity index (χ4v) is 8.02. The lowest BCUT2D eigenvalue weighted by Gasteiger charge is -2.02. The third-order valence-corrected chi connectivity index (χ3v) is 11.1. The summed E-state index contributed by atoms with van der Waals surface area (Å²) in [6.45, 7) is 4.58. The first kappa shape index (κ1) is 34.5. The highest BCUT2D eigenvalue weighted by Gasteiger charge is 2.05. The van der Waals surface area contributed by atoms with Gasteiger partial charge < -0.3 is 0 Å². The quantitative estimate of drug-likeness (QED) is 0.0603. The molecule has 236 valence electrons. The summed E-state index contributed by atoms with van der Waals surface area (Å²) in [5.41, 5.74) is 5.16. The minimum Gasteiger partial charge on any atom is -0.140 e. The van der Waals surface area contributed by atoms with Crippen LogP contribution in [0.1, 0.15) is 137 Å². The lowest BCUT2D eigenvalue weighted by molar-refractivity contribution is 0.576. The molecule has 0 saturated heterocycles. The molecule has 4 rings (SSSR count). The summed E-state index contributed by atoms with van der Waals surface area (Å²) < 4.78 is 0. The summed E-state index contributed by atoms with van der Waals surface area (Å²) in [4.78, 5) is 5.83. The van der Waals surface area contributed by atoms with Crippen molar-refractivity contribution in [1.82, 2.24) is 0 Å². The second kappa shape index (κ2) is 20.6. The maximum Gasteiger partial charge on any atom is 0.0345 e. The van der Waals surface area contributed by atoms with Crippen LogP contribution in [0, 0.1) is 0 Å². The van der Waals surface area contributed by atoms with Crippen LogP contribution < -0.4 is 0 Å². The lowest BCUT2D eigenvalue weighted by atomic mass is 10.1. The normalized spacial score (nSPS) is 11.6. The molecule has 0 N–H and O–H groups in total. The third kappa shape index (κ3) is 12.5. The van der Waals surface area contributed by atoms with Gasteiger partial charge in [-0.25, -0.2) is 0 Å². The Labute approximate surface area is 277 Å². The molecule has 0 nitrogen and oxygen atoms in total. The van der Waals surface area contributed by atoms with E-state index in [-0.39, 0.29) is 0 Å². The Morgan fingerprint density at radius 3 is 1.09 bits per heavy atom. The van der Waals surface area contributed by atoms with Gasteiger partial charge in [0.1, 0.15) is 0 Å². The van der Waals surface area contributed by atoms with E-state index in [0.29, 0.717) is 0 Å². The maximum atomic E-state index is 2.34. The molecule has 0 aliphatic carbocycles. The van der Waals surface area contributed by atoms with Crippen LogP contribution in [-0.2, 0) is 12.8 Å². The number of rotatable bonds is 22. The van der Waals surface area contributed by atoms with E-state index < -0.39 is 0 Å². The summed E-state index contributed by atoms with van der Waals surface area (Å²) in [5, 5.41) is 0. The summed E-state index contributed by atoms with van der Waals surface area (Å²) in [5.74, 6) is 0. The summed E-state index contributed by atoms with van der Waals surface area (Å²) in [6, 6.07) is 27.4. The number of hydrogen-bond donors (Lipinski definition) is 0. The second-order valence-corrected chi connectivity index (χ2v) is 14.9. The largest absolute Gasteiger partial charge is 0.140 e. The minimum absolute atomic E-state index is 1.23. The molecule has 0 atom stereocenters. The first-order valence-corrected chi connectivity index (χ1v) is 19.4. The van der Waals surface area contributed by atoms with E-state index in [1.165, 1.54) is 157 Å². The Hall–Kier alpha value is -2.42. The lowest BCUT2D eigenvalue weighted by Crippen LogP contribution is -1.83. The predicted octanol–water partition coefficient (Wildman–Crippen LogP) is 14.7. The monoisotopic (exact) mass is 624 g/mol. The van der Waals surface area contributed by atoms with Gasteiger partial charge in [0.25, 0.3) is 0 Å². The van der Waals surface area contributed by atoms with E-state index >= 15 is 0 Å². The van der Waals surface area contributed by atoms with Gasteiger partial charge in [0.15, 0.2) is 0 Å². The van der Waals surface area contributed by atoms with Gasteiger partial charge in [-0.15, -0.1) is 22.7 Å². The molecule has 0 amide bonds. The topological polar surface area (TPSA) is 0 Å². The van der Waals surface area contributed by atoms with Crippen LogP contribution in [0.5, 0.6) is 0 Å². The molecule has 44 heavy (non-hydrogen) atoms. The van der Waals surface area contributed by atoms with Gasteiger partial charge in [0.2, 0.25) is 0 Å². The molecule has 0 unspecified atom stereocenters. The van der Waals surface area contributed by atoms with Crippen molar-refractivity contribution in [2.75, 3.05) is 0 Å². The first-order chi connectivity index (χ1) is 21.7. The summed E-state index contributed by atoms with van der Waals surface area (Å²) in [7, 11) is 0. The molecule has 2 aromatic carbocycles. The van der Waals surface area contributed by atoms with E-state index in [2.05, 4.69) is 98.8 Å². The Balaban J connectivity index is 1.17. The van der Waals surface area contributed by atoms with E-state index in [1.54, 1.807) is 0 Å². The van der Waals surface area contributed by atoms with Gasteiger partial charge in [0.05, 0.1) is 0 Å². The molecular formula is C42H56S2. The van der Waals surface area contributed by atoms with Gasteiger partial charge in [0, 0.05) is 19.5 Å². The first-order valence-electron chi connectivity index (χ1n) is 17.8. The van der Waals surface area contributed by atoms with Crippen molar-refractivity contribution in [1.29, 1.82) is 0 Å². The van der Waals surface area contributed by atoms with Crippen LogP contribution in [0.2, 0.25) is 0 Å². The molecule has 2 aromatic heterocycles. The average Bonchev–Trinajstić information content (AvgIpc) is 3.73. The number of aryl methyl sites for hydroxylation is 2. The Morgan fingerprint density at radius 1 is 0.386 bits per heavy atom. The van der Waals surface area contributed by atoms with Crippen LogP contribution in [0.3, 0.4) is 0 Å². The molecule has 4 aromatic rings. The highest BCUT2D eigenvalue weighted by molar-refractivity contribution is 7.15. The van der Waals surface area contributed by atoms with E-state index in [4.69, 9.17) is 0 Å². The molecule has 2 heteroatoms. The number of unbranched alkanes of at least 4 members (excludes halogenated alkanes) is 14. The van der Waals surface area contributed by atoms with Crippen molar-refractivity contribution >= 4 is 34.8 Å². The van der Waals surface area contributed by atoms with Crippen molar-refractivity contribution in [3.05, 3.63) is 93.7 Å². The van der Waals surface area contributed by atoms with Crippen molar-refractivity contribution in [3.63, 3.8) is 0 Å². The van der Waals surface area contributed by atoms with Gasteiger partial charge in [-0.1, -0.05) is 164 Å². The summed E-state index contributed by atoms with van der Waals surface area (Å²) >= 11 is 3.94. The van der Waals surface area contributed by atoms with Gasteiger partial charge in [-0.2, -0.15) is 0 Å². The molecule has 0 saturated carbocycles. The predicted molar refractivity (Wildman–Crippen MR) is 201 cm³/mol. The van der Waals surface area contributed by atoms with Crippen LogP contribution in [0.15, 0.2) is 72.8 Å². The van der Waals surface area contributed by atoms with Crippen molar-refractivity contribution in [2.45, 2.75) is 129 Å². The zero-order valence-electron chi connectivity index (χ0n) is 27.6. The highest BCUT2D eigenvalue weighted by Crippen LogP contribution is 2.31. The van der Waals surface area contributed by atoms with Crippen LogP contribution in [0.4, 0.5) is 0 Å². The molecule has 0 fully saturated rings. The van der Waals surface area contributed by atoms with Gasteiger partial charge >= 0.3 is 0 Å². The second-order valence-electron chi connectivity index (χ2n) is 12.6. The molecule has 0 aliphatic rings. The van der Waals surface area contributed by atoms with Crippen LogP contribution in [-0.4, -0.2) is 0 Å². The number of hydrogen-bond acceptors (Lipinski definition) is 2. The molecule has 2 heterocycles. The van der Waals surface area contributed by atoms with Crippen molar-refractivity contribution in [2.24, 2.45) is 0 Å². The summed E-state index contributed by atoms with van der Waals surface area (Å²) in [6.07, 6.45) is 29.1. The SMILES string of the molecule is CCCCCCCCCCc1ccc(-c2ccc(/C=C/c3ccc(-c4ccc(CCCCCCCCCC)s4)cc3)cc2)s1. The van der Waals surface area contributed by atoms with E-state index in [0.717, 1.165) is 0 Å². The standard InChI is InChI=1S/C42H56S2/c1-3-5-7-9-11-13-15-17-19-39-31-33-41(43-39)37-27-23-35(24-28-37)21-22-36-25-29-38(30-26-36)42-34-32-40(44-42)20-18-16-14-12-10-8-6-4-2/h21-34H,3-20H2,1-2H3/b22-21+. The molecule has 0 spiro atoms. The smallest absolute Gasteiger partial charge is 0.0345 e. The van der Waals surface area contributed by atoms with Gasteiger partial charge in [-0.3, -0.25) is 0 Å². The minimum atomic E-state index is 1.23. The van der Waals surface area contributed by atoms with Gasteiger partial charge in [-0.05, 0) is 72.2 Å². The van der Waals surface area contributed by atoms with Crippen molar-refractivity contribution < 1.29 is 0 Å². The van der Waals surface area contributed by atoms with E-state index in [1.807, 2.05) is 22.7 Å². The Kier molecular flexibility index (Phi) is 16.1. The highest BCUT2D eigenvalue weighted by atomic mass is 32.1. The zero-order chi connectivity index (χ0) is 30.7. The molecule has 0 aliphatic heterocycles. The third-order valence-electron chi connectivity index (χ3n) is 8.74. The fraction of sp³-hybridized carbons (Fsp3) is 0.476. The maximum absolute atomic E-state index is 2.34. The van der Waals surface area contributed by atoms with Crippen LogP contribution in [0.25, 0.3) is 33.0 Å².